The van der Waals surface area contributed by atoms with Gasteiger partial charge in [-0.05, 0) is 62.6 Å². The van der Waals surface area contributed by atoms with E-state index in [1.54, 1.807) is 6.07 Å². The highest BCUT2D eigenvalue weighted by molar-refractivity contribution is 6.04. The van der Waals surface area contributed by atoms with Gasteiger partial charge < -0.3 is 19.3 Å². The molecule has 1 heterocycles. The van der Waals surface area contributed by atoms with Gasteiger partial charge in [0.25, 0.3) is 0 Å². The van der Waals surface area contributed by atoms with Crippen molar-refractivity contribution in [2.75, 3.05) is 26.4 Å². The minimum absolute atomic E-state index is 0.159. The second-order valence-electron chi connectivity index (χ2n) is 6.31. The van der Waals surface area contributed by atoms with E-state index in [0.29, 0.717) is 32.0 Å². The summed E-state index contributed by atoms with van der Waals surface area (Å²) in [5.74, 6) is 2.21. The predicted octanol–water partition coefficient (Wildman–Crippen LogP) is 4.18. The van der Waals surface area contributed by atoms with Gasteiger partial charge >= 0.3 is 0 Å². The van der Waals surface area contributed by atoms with Crippen LogP contribution < -0.4 is 14.2 Å². The van der Waals surface area contributed by atoms with Gasteiger partial charge in [0.2, 0.25) is 0 Å². The highest BCUT2D eigenvalue weighted by Gasteiger charge is 2.19. The topological polar surface area (TPSA) is 60.3 Å². The third kappa shape index (κ3) is 4.35. The Morgan fingerprint density at radius 1 is 0.889 bits per heavy atom. The van der Waals surface area contributed by atoms with Crippen LogP contribution in [0.1, 0.15) is 37.5 Å². The Labute approximate surface area is 160 Å². The molecule has 2 aromatic rings. The molecule has 0 saturated heterocycles. The van der Waals surface area contributed by atoms with Crippen LogP contribution in [0.25, 0.3) is 0 Å². The average molecular weight is 369 g/mol. The molecule has 1 aliphatic rings. The molecular formula is C22H27NO4. The van der Waals surface area contributed by atoms with Gasteiger partial charge in [0.05, 0.1) is 19.8 Å². The van der Waals surface area contributed by atoms with E-state index in [4.69, 9.17) is 19.2 Å². The predicted molar refractivity (Wildman–Crippen MR) is 107 cm³/mol. The zero-order chi connectivity index (χ0) is 19.2. The molecule has 0 spiro atoms. The van der Waals surface area contributed by atoms with Crippen molar-refractivity contribution in [1.29, 1.82) is 0 Å². The smallest absolute Gasteiger partial charge is 0.161 e. The van der Waals surface area contributed by atoms with E-state index in [1.165, 1.54) is 0 Å². The van der Waals surface area contributed by atoms with Crippen LogP contribution >= 0.6 is 0 Å². The highest BCUT2D eigenvalue weighted by atomic mass is 16.5. The van der Waals surface area contributed by atoms with Crippen molar-refractivity contribution in [2.24, 2.45) is 4.99 Å². The number of aliphatic imine (C=N–C) groups is 1. The number of nitrogens with zero attached hydrogens (tertiary/aromatic N) is 1. The Bertz CT molecular complexity index is 829. The summed E-state index contributed by atoms with van der Waals surface area (Å²) in [4.78, 5) is 4.71. The van der Waals surface area contributed by atoms with Crippen LogP contribution in [0.2, 0.25) is 0 Å². The zero-order valence-corrected chi connectivity index (χ0v) is 16.2. The van der Waals surface area contributed by atoms with Crippen molar-refractivity contribution in [2.45, 2.75) is 33.6 Å². The minimum atomic E-state index is 0.159. The standard InChI is InChI=1S/C22H27NO4/c1-4-25-20-8-7-15(12-22(20)27-6-3)11-18-17-14-19(24)21(26-5-2)13-16(17)9-10-23-18/h7-8,12-14,24H,4-6,9-11H2,1-3H3. The van der Waals surface area contributed by atoms with Crippen LogP contribution in [0.5, 0.6) is 23.0 Å². The molecule has 0 amide bonds. The minimum Gasteiger partial charge on any atom is -0.504 e. The van der Waals surface area contributed by atoms with Crippen LogP contribution in [0.4, 0.5) is 0 Å². The maximum Gasteiger partial charge on any atom is 0.161 e. The normalized spacial score (nSPS) is 12.9. The van der Waals surface area contributed by atoms with E-state index >= 15 is 0 Å². The highest BCUT2D eigenvalue weighted by Crippen LogP contribution is 2.33. The lowest BCUT2D eigenvalue weighted by Gasteiger charge is -2.20. The van der Waals surface area contributed by atoms with Crippen LogP contribution in [0.15, 0.2) is 35.3 Å². The average Bonchev–Trinajstić information content (AvgIpc) is 2.66. The second kappa shape index (κ2) is 8.80. The third-order valence-corrected chi connectivity index (χ3v) is 4.46. The van der Waals surface area contributed by atoms with Crippen molar-refractivity contribution in [3.05, 3.63) is 47.0 Å². The maximum absolute atomic E-state index is 10.3. The lowest BCUT2D eigenvalue weighted by atomic mass is 9.93. The van der Waals surface area contributed by atoms with Crippen molar-refractivity contribution < 1.29 is 19.3 Å². The monoisotopic (exact) mass is 369 g/mol. The first kappa shape index (κ1) is 19.1. The molecule has 0 radical (unpaired) electrons. The Morgan fingerprint density at radius 3 is 2.33 bits per heavy atom. The number of rotatable bonds is 8. The van der Waals surface area contributed by atoms with E-state index in [0.717, 1.165) is 46.9 Å². The Hall–Kier alpha value is -2.69. The fourth-order valence-electron chi connectivity index (χ4n) is 3.30. The molecule has 0 aliphatic carbocycles. The Balaban J connectivity index is 1.88. The van der Waals surface area contributed by atoms with E-state index in [1.807, 2.05) is 45.0 Å². The molecule has 5 nitrogen and oxygen atoms in total. The molecule has 2 aromatic carbocycles. The molecule has 1 aliphatic heterocycles. The summed E-state index contributed by atoms with van der Waals surface area (Å²) in [5, 5.41) is 10.3. The SMILES string of the molecule is CCOc1cc2c(cc1O)C(Cc1ccc(OCC)c(OCC)c1)=NCC2. The summed E-state index contributed by atoms with van der Waals surface area (Å²) >= 11 is 0. The van der Waals surface area contributed by atoms with Gasteiger partial charge in [0.15, 0.2) is 23.0 Å². The summed E-state index contributed by atoms with van der Waals surface area (Å²) in [6, 6.07) is 9.71. The van der Waals surface area contributed by atoms with E-state index in [2.05, 4.69) is 0 Å². The van der Waals surface area contributed by atoms with E-state index in [-0.39, 0.29) is 5.75 Å². The van der Waals surface area contributed by atoms with Gasteiger partial charge in [-0.3, -0.25) is 4.99 Å². The first-order chi connectivity index (χ1) is 13.2. The first-order valence-electron chi connectivity index (χ1n) is 9.57. The number of phenolic OH excluding ortho intramolecular Hbond substituents is 1. The molecule has 1 N–H and O–H groups in total. The lowest BCUT2D eigenvalue weighted by molar-refractivity contribution is 0.287. The number of ether oxygens (including phenoxy) is 3. The Kier molecular flexibility index (Phi) is 6.22. The summed E-state index contributed by atoms with van der Waals surface area (Å²) in [5.41, 5.74) is 4.23. The molecule has 3 rings (SSSR count). The second-order valence-corrected chi connectivity index (χ2v) is 6.31. The largest absolute Gasteiger partial charge is 0.504 e. The van der Waals surface area contributed by atoms with Gasteiger partial charge in [0, 0.05) is 24.2 Å². The number of phenols is 1. The summed E-state index contributed by atoms with van der Waals surface area (Å²) in [6.07, 6.45) is 1.53. The lowest BCUT2D eigenvalue weighted by Crippen LogP contribution is -2.15. The quantitative estimate of drug-likeness (QED) is 0.758. The van der Waals surface area contributed by atoms with Crippen LogP contribution in [-0.4, -0.2) is 37.2 Å². The molecule has 27 heavy (non-hydrogen) atoms. The molecule has 0 bridgehead atoms. The van der Waals surface area contributed by atoms with Gasteiger partial charge in [0.1, 0.15) is 0 Å². The van der Waals surface area contributed by atoms with Crippen molar-refractivity contribution >= 4 is 5.71 Å². The number of benzene rings is 2. The van der Waals surface area contributed by atoms with Crippen molar-refractivity contribution in [3.63, 3.8) is 0 Å². The Morgan fingerprint density at radius 2 is 1.59 bits per heavy atom. The van der Waals surface area contributed by atoms with Crippen LogP contribution in [0.3, 0.4) is 0 Å². The molecule has 144 valence electrons. The number of aromatic hydroxyl groups is 1. The summed E-state index contributed by atoms with van der Waals surface area (Å²) in [7, 11) is 0. The summed E-state index contributed by atoms with van der Waals surface area (Å²) < 4.78 is 16.9. The van der Waals surface area contributed by atoms with Gasteiger partial charge in [-0.2, -0.15) is 0 Å². The van der Waals surface area contributed by atoms with Gasteiger partial charge in [-0.15, -0.1) is 0 Å². The van der Waals surface area contributed by atoms with E-state index in [9.17, 15) is 5.11 Å². The van der Waals surface area contributed by atoms with Crippen molar-refractivity contribution in [1.82, 2.24) is 0 Å². The van der Waals surface area contributed by atoms with E-state index < -0.39 is 0 Å². The number of hydrogen-bond donors (Lipinski definition) is 1. The van der Waals surface area contributed by atoms with Crippen molar-refractivity contribution in [3.8, 4) is 23.0 Å². The van der Waals surface area contributed by atoms with Crippen LogP contribution in [0, 0.1) is 0 Å². The number of hydrogen-bond acceptors (Lipinski definition) is 5. The molecule has 0 saturated carbocycles. The molecule has 0 atom stereocenters. The zero-order valence-electron chi connectivity index (χ0n) is 16.2. The van der Waals surface area contributed by atoms with Gasteiger partial charge in [-0.1, -0.05) is 6.07 Å². The molecular weight excluding hydrogens is 342 g/mol. The third-order valence-electron chi connectivity index (χ3n) is 4.46. The first-order valence-corrected chi connectivity index (χ1v) is 9.57. The molecule has 0 aromatic heterocycles. The summed E-state index contributed by atoms with van der Waals surface area (Å²) in [6.45, 7) is 8.28. The molecule has 0 fully saturated rings. The van der Waals surface area contributed by atoms with Gasteiger partial charge in [-0.25, -0.2) is 0 Å². The fourth-order valence-corrected chi connectivity index (χ4v) is 3.30. The fraction of sp³-hybridized carbons (Fsp3) is 0.409. The molecule has 0 unspecified atom stereocenters. The molecule has 5 heteroatoms. The maximum atomic E-state index is 10.3. The van der Waals surface area contributed by atoms with Crippen LogP contribution in [-0.2, 0) is 12.8 Å². The number of fused-ring (bicyclic) bond motifs is 1.